The fourth-order valence-corrected chi connectivity index (χ4v) is 1.99. The number of ether oxygens (including phenoxy) is 1. The highest BCUT2D eigenvalue weighted by molar-refractivity contribution is 5.70. The molecule has 0 amide bonds. The molecule has 4 heteroatoms. The third-order valence-corrected chi connectivity index (χ3v) is 3.29. The van der Waals surface area contributed by atoms with Crippen molar-refractivity contribution in [1.82, 2.24) is 0 Å². The standard InChI is InChI=1S/C13H15FO3/c14-11-6-1-2-7-12(11)17-8-10(13(15)16)9-4-3-5-9/h1-2,6-7,9-10H,3-5,8H2,(H,15,16). The van der Waals surface area contributed by atoms with Crippen LogP contribution in [0.2, 0.25) is 0 Å². The number of carbonyl (C=O) groups is 1. The van der Waals surface area contributed by atoms with Crippen LogP contribution in [0.5, 0.6) is 5.75 Å². The molecule has 0 aliphatic heterocycles. The topological polar surface area (TPSA) is 46.5 Å². The maximum absolute atomic E-state index is 13.3. The molecule has 0 saturated heterocycles. The summed E-state index contributed by atoms with van der Waals surface area (Å²) in [5.74, 6) is -1.53. The van der Waals surface area contributed by atoms with Crippen molar-refractivity contribution in [2.75, 3.05) is 6.61 Å². The lowest BCUT2D eigenvalue weighted by Gasteiger charge is -2.30. The first-order chi connectivity index (χ1) is 8.18. The average molecular weight is 238 g/mol. The molecule has 1 aromatic carbocycles. The van der Waals surface area contributed by atoms with Gasteiger partial charge in [-0.25, -0.2) is 4.39 Å². The second-order valence-electron chi connectivity index (χ2n) is 4.38. The van der Waals surface area contributed by atoms with Crippen LogP contribution in [-0.2, 0) is 4.79 Å². The third-order valence-electron chi connectivity index (χ3n) is 3.29. The van der Waals surface area contributed by atoms with Crippen LogP contribution in [0.4, 0.5) is 4.39 Å². The second kappa shape index (κ2) is 5.17. The summed E-state index contributed by atoms with van der Waals surface area (Å²) < 4.78 is 18.5. The van der Waals surface area contributed by atoms with Gasteiger partial charge in [0.25, 0.3) is 0 Å². The van der Waals surface area contributed by atoms with Crippen LogP contribution in [0, 0.1) is 17.7 Å². The second-order valence-corrected chi connectivity index (χ2v) is 4.38. The summed E-state index contributed by atoms with van der Waals surface area (Å²) in [4.78, 5) is 11.1. The number of halogens is 1. The molecule has 1 saturated carbocycles. The maximum atomic E-state index is 13.3. The zero-order valence-corrected chi connectivity index (χ0v) is 9.43. The first-order valence-corrected chi connectivity index (χ1v) is 5.78. The van der Waals surface area contributed by atoms with E-state index in [1.807, 2.05) is 0 Å². The predicted octanol–water partition coefficient (Wildman–Crippen LogP) is 2.71. The van der Waals surface area contributed by atoms with Gasteiger partial charge in [0.05, 0.1) is 5.92 Å². The number of aliphatic carboxylic acids is 1. The fourth-order valence-electron chi connectivity index (χ4n) is 1.99. The Kier molecular flexibility index (Phi) is 3.61. The van der Waals surface area contributed by atoms with E-state index in [1.54, 1.807) is 12.1 Å². The van der Waals surface area contributed by atoms with Crippen molar-refractivity contribution in [3.05, 3.63) is 30.1 Å². The van der Waals surface area contributed by atoms with E-state index in [0.717, 1.165) is 19.3 Å². The van der Waals surface area contributed by atoms with Gasteiger partial charge in [0.2, 0.25) is 0 Å². The van der Waals surface area contributed by atoms with E-state index in [4.69, 9.17) is 9.84 Å². The van der Waals surface area contributed by atoms with Gasteiger partial charge in [0.1, 0.15) is 6.61 Å². The Morgan fingerprint density at radius 1 is 1.47 bits per heavy atom. The van der Waals surface area contributed by atoms with Gasteiger partial charge in [-0.2, -0.15) is 0 Å². The fraction of sp³-hybridized carbons (Fsp3) is 0.462. The van der Waals surface area contributed by atoms with Gasteiger partial charge < -0.3 is 9.84 Å². The Morgan fingerprint density at radius 3 is 2.71 bits per heavy atom. The van der Waals surface area contributed by atoms with Gasteiger partial charge in [0.15, 0.2) is 11.6 Å². The summed E-state index contributed by atoms with van der Waals surface area (Å²) >= 11 is 0. The molecule has 2 rings (SSSR count). The van der Waals surface area contributed by atoms with Crippen LogP contribution in [0.1, 0.15) is 19.3 Å². The number of carboxylic acids is 1. The minimum absolute atomic E-state index is 0.0426. The van der Waals surface area contributed by atoms with Crippen LogP contribution in [0.15, 0.2) is 24.3 Å². The van der Waals surface area contributed by atoms with Gasteiger partial charge in [-0.1, -0.05) is 18.6 Å². The Morgan fingerprint density at radius 2 is 2.18 bits per heavy atom. The van der Waals surface area contributed by atoms with Crippen molar-refractivity contribution in [3.8, 4) is 5.75 Å². The minimum Gasteiger partial charge on any atom is -0.490 e. The first kappa shape index (κ1) is 11.9. The van der Waals surface area contributed by atoms with E-state index < -0.39 is 17.7 Å². The molecule has 17 heavy (non-hydrogen) atoms. The molecule has 1 N–H and O–H groups in total. The molecule has 0 radical (unpaired) electrons. The van der Waals surface area contributed by atoms with Crippen molar-refractivity contribution in [1.29, 1.82) is 0 Å². The molecule has 1 unspecified atom stereocenters. The van der Waals surface area contributed by atoms with E-state index in [9.17, 15) is 9.18 Å². The van der Waals surface area contributed by atoms with E-state index in [1.165, 1.54) is 12.1 Å². The normalized spacial score (nSPS) is 17.2. The molecule has 3 nitrogen and oxygen atoms in total. The van der Waals surface area contributed by atoms with Gasteiger partial charge in [-0.05, 0) is 30.9 Å². The third kappa shape index (κ3) is 2.75. The van der Waals surface area contributed by atoms with Crippen molar-refractivity contribution in [3.63, 3.8) is 0 Å². The summed E-state index contributed by atoms with van der Waals surface area (Å²) in [5, 5.41) is 9.08. The monoisotopic (exact) mass is 238 g/mol. The average Bonchev–Trinajstić information content (AvgIpc) is 2.23. The Balaban J connectivity index is 1.95. The molecule has 1 aliphatic carbocycles. The van der Waals surface area contributed by atoms with Crippen molar-refractivity contribution < 1.29 is 19.0 Å². The molecule has 0 aromatic heterocycles. The van der Waals surface area contributed by atoms with E-state index >= 15 is 0 Å². The van der Waals surface area contributed by atoms with Crippen LogP contribution in [-0.4, -0.2) is 17.7 Å². The SMILES string of the molecule is O=C(O)C(COc1ccccc1F)C1CCC1. The molecule has 1 atom stereocenters. The largest absolute Gasteiger partial charge is 0.490 e. The molecule has 0 spiro atoms. The smallest absolute Gasteiger partial charge is 0.310 e. The number of hydrogen-bond acceptors (Lipinski definition) is 2. The molecular formula is C13H15FO3. The number of rotatable bonds is 5. The van der Waals surface area contributed by atoms with Crippen LogP contribution in [0.3, 0.4) is 0 Å². The number of para-hydroxylation sites is 1. The molecule has 1 fully saturated rings. The number of benzene rings is 1. The summed E-state index contributed by atoms with van der Waals surface area (Å²) in [6.45, 7) is 0.0426. The van der Waals surface area contributed by atoms with E-state index in [0.29, 0.717) is 0 Å². The quantitative estimate of drug-likeness (QED) is 0.857. The molecule has 92 valence electrons. The molecule has 0 heterocycles. The van der Waals surface area contributed by atoms with Crippen LogP contribution in [0.25, 0.3) is 0 Å². The summed E-state index contributed by atoms with van der Waals surface area (Å²) in [5.41, 5.74) is 0. The lowest BCUT2D eigenvalue weighted by molar-refractivity contribution is -0.146. The zero-order valence-electron chi connectivity index (χ0n) is 9.43. The van der Waals surface area contributed by atoms with Crippen molar-refractivity contribution in [2.24, 2.45) is 11.8 Å². The lowest BCUT2D eigenvalue weighted by atomic mass is 9.76. The molecule has 1 aliphatic rings. The summed E-state index contributed by atoms with van der Waals surface area (Å²) in [7, 11) is 0. The van der Waals surface area contributed by atoms with Gasteiger partial charge in [-0.3, -0.25) is 4.79 Å². The summed E-state index contributed by atoms with van der Waals surface area (Å²) in [6, 6.07) is 6.05. The molecule has 1 aromatic rings. The zero-order chi connectivity index (χ0) is 12.3. The number of hydrogen-bond donors (Lipinski definition) is 1. The maximum Gasteiger partial charge on any atom is 0.310 e. The van der Waals surface area contributed by atoms with Gasteiger partial charge in [-0.15, -0.1) is 0 Å². The van der Waals surface area contributed by atoms with E-state index in [2.05, 4.69) is 0 Å². The predicted molar refractivity (Wildman–Crippen MR) is 60.4 cm³/mol. The van der Waals surface area contributed by atoms with E-state index in [-0.39, 0.29) is 18.3 Å². The Bertz CT molecular complexity index is 401. The highest BCUT2D eigenvalue weighted by atomic mass is 19.1. The minimum atomic E-state index is -0.856. The first-order valence-electron chi connectivity index (χ1n) is 5.78. The highest BCUT2D eigenvalue weighted by Crippen LogP contribution is 2.34. The Hall–Kier alpha value is -1.58. The van der Waals surface area contributed by atoms with Crippen LogP contribution >= 0.6 is 0 Å². The van der Waals surface area contributed by atoms with Crippen molar-refractivity contribution >= 4 is 5.97 Å². The highest BCUT2D eigenvalue weighted by Gasteiger charge is 2.33. The van der Waals surface area contributed by atoms with Gasteiger partial charge in [0, 0.05) is 0 Å². The Labute approximate surface area is 99.2 Å². The summed E-state index contributed by atoms with van der Waals surface area (Å²) in [6.07, 6.45) is 2.93. The molecular weight excluding hydrogens is 223 g/mol. The van der Waals surface area contributed by atoms with Crippen molar-refractivity contribution in [2.45, 2.75) is 19.3 Å². The lowest BCUT2D eigenvalue weighted by Crippen LogP contribution is -2.33. The number of carboxylic acid groups (broad SMARTS) is 1. The molecule has 0 bridgehead atoms. The van der Waals surface area contributed by atoms with Crippen LogP contribution < -0.4 is 4.74 Å². The van der Waals surface area contributed by atoms with Gasteiger partial charge >= 0.3 is 5.97 Å².